The molecule has 0 aliphatic carbocycles. The summed E-state index contributed by atoms with van der Waals surface area (Å²) in [6, 6.07) is 10.9. The van der Waals surface area contributed by atoms with Gasteiger partial charge in [0, 0.05) is 12.1 Å². The average molecular weight is 339 g/mol. The number of carbonyl (C=O) groups excluding carboxylic acids is 1. The van der Waals surface area contributed by atoms with Crippen LogP contribution in [0.4, 0.5) is 13.2 Å². The van der Waals surface area contributed by atoms with Crippen molar-refractivity contribution in [1.82, 2.24) is 5.32 Å². The molecule has 0 heterocycles. The molecule has 1 atom stereocenters. The van der Waals surface area contributed by atoms with Crippen molar-refractivity contribution < 1.29 is 27.8 Å². The monoisotopic (exact) mass is 339 g/mol. The summed E-state index contributed by atoms with van der Waals surface area (Å²) in [5.41, 5.74) is -0.886. The highest BCUT2D eigenvalue weighted by Gasteiger charge is 2.34. The molecule has 0 aliphatic rings. The lowest BCUT2D eigenvalue weighted by Gasteiger charge is -2.18. The molecule has 2 N–H and O–H groups in total. The van der Waals surface area contributed by atoms with E-state index in [1.54, 1.807) is 12.1 Å². The Balaban J connectivity index is 2.05. The van der Waals surface area contributed by atoms with E-state index >= 15 is 0 Å². The first-order valence-corrected chi connectivity index (χ1v) is 7.09. The third-order valence-electron chi connectivity index (χ3n) is 3.43. The third kappa shape index (κ3) is 4.26. The molecule has 1 amide bonds. The summed E-state index contributed by atoms with van der Waals surface area (Å²) in [7, 11) is 1.49. The quantitative estimate of drug-likeness (QED) is 0.880. The van der Waals surface area contributed by atoms with Crippen LogP contribution in [0.2, 0.25) is 0 Å². The van der Waals surface area contributed by atoms with Crippen molar-refractivity contribution in [2.75, 3.05) is 13.7 Å². The molecule has 24 heavy (non-hydrogen) atoms. The number of hydrogen-bond acceptors (Lipinski definition) is 3. The van der Waals surface area contributed by atoms with Crippen LogP contribution in [0.1, 0.15) is 27.6 Å². The van der Waals surface area contributed by atoms with E-state index in [-0.39, 0.29) is 12.1 Å². The fourth-order valence-corrected chi connectivity index (χ4v) is 2.19. The standard InChI is InChI=1S/C17H16F3NO3/c1-24-12-8-6-11(7-9-12)16(23)21-10-15(22)13-4-2-3-5-14(13)17(18,19)20/h2-9,15,22H,10H2,1H3,(H,21,23)/t15-/m0/s1. The van der Waals surface area contributed by atoms with Crippen molar-refractivity contribution in [1.29, 1.82) is 0 Å². The van der Waals surface area contributed by atoms with Crippen molar-refractivity contribution in [2.45, 2.75) is 12.3 Å². The van der Waals surface area contributed by atoms with Crippen LogP contribution in [0.3, 0.4) is 0 Å². The second kappa shape index (κ2) is 7.35. The number of hydrogen-bond donors (Lipinski definition) is 2. The number of carbonyl (C=O) groups is 1. The first kappa shape index (κ1) is 17.8. The number of amides is 1. The van der Waals surface area contributed by atoms with Crippen molar-refractivity contribution in [3.63, 3.8) is 0 Å². The van der Waals surface area contributed by atoms with E-state index in [1.807, 2.05) is 0 Å². The number of methoxy groups -OCH3 is 1. The fraction of sp³-hybridized carbons (Fsp3) is 0.235. The molecule has 2 aromatic carbocycles. The molecule has 0 spiro atoms. The molecule has 0 fully saturated rings. The highest BCUT2D eigenvalue weighted by Crippen LogP contribution is 2.34. The predicted molar refractivity (Wildman–Crippen MR) is 81.7 cm³/mol. The van der Waals surface area contributed by atoms with E-state index in [2.05, 4.69) is 5.32 Å². The minimum absolute atomic E-state index is 0.278. The normalized spacial score (nSPS) is 12.5. The molecule has 0 aliphatic heterocycles. The van der Waals surface area contributed by atoms with Gasteiger partial charge in [0.25, 0.3) is 5.91 Å². The minimum atomic E-state index is -4.57. The van der Waals surface area contributed by atoms with E-state index in [9.17, 15) is 23.1 Å². The fourth-order valence-electron chi connectivity index (χ4n) is 2.19. The van der Waals surface area contributed by atoms with Crippen LogP contribution in [0.25, 0.3) is 0 Å². The number of rotatable bonds is 5. The number of alkyl halides is 3. The van der Waals surface area contributed by atoms with E-state index in [0.29, 0.717) is 11.3 Å². The highest BCUT2D eigenvalue weighted by molar-refractivity contribution is 5.94. The first-order chi connectivity index (χ1) is 11.3. The molecule has 0 saturated heterocycles. The Morgan fingerprint density at radius 1 is 1.17 bits per heavy atom. The SMILES string of the molecule is COc1ccc(C(=O)NC[C@H](O)c2ccccc2C(F)(F)F)cc1. The molecule has 0 aromatic heterocycles. The number of nitrogens with one attached hydrogen (secondary N) is 1. The third-order valence-corrected chi connectivity index (χ3v) is 3.43. The maximum atomic E-state index is 12.9. The number of ether oxygens (including phenoxy) is 1. The van der Waals surface area contributed by atoms with Crippen molar-refractivity contribution in [3.05, 3.63) is 65.2 Å². The van der Waals surface area contributed by atoms with Crippen LogP contribution in [-0.2, 0) is 6.18 Å². The maximum absolute atomic E-state index is 12.9. The average Bonchev–Trinajstić information content (AvgIpc) is 2.58. The molecule has 0 unspecified atom stereocenters. The van der Waals surface area contributed by atoms with Crippen molar-refractivity contribution in [3.8, 4) is 5.75 Å². The van der Waals surface area contributed by atoms with Gasteiger partial charge in [0.2, 0.25) is 0 Å². The van der Waals surface area contributed by atoms with E-state index in [1.165, 1.54) is 37.4 Å². The lowest BCUT2D eigenvalue weighted by molar-refractivity contribution is -0.139. The zero-order valence-corrected chi connectivity index (χ0v) is 12.8. The Bertz CT molecular complexity index is 699. The van der Waals surface area contributed by atoms with E-state index in [4.69, 9.17) is 4.74 Å². The van der Waals surface area contributed by atoms with Gasteiger partial charge < -0.3 is 15.2 Å². The van der Waals surface area contributed by atoms with Gasteiger partial charge in [0.05, 0.1) is 18.8 Å². The molecule has 0 radical (unpaired) electrons. The number of halogens is 3. The topological polar surface area (TPSA) is 58.6 Å². The van der Waals surface area contributed by atoms with Gasteiger partial charge in [-0.1, -0.05) is 18.2 Å². The number of benzene rings is 2. The summed E-state index contributed by atoms with van der Waals surface area (Å²) in [6.07, 6.45) is -6.04. The Labute approximate surface area is 136 Å². The maximum Gasteiger partial charge on any atom is 0.416 e. The van der Waals surface area contributed by atoms with Gasteiger partial charge in [-0.25, -0.2) is 0 Å². The van der Waals surface area contributed by atoms with Gasteiger partial charge in [-0.3, -0.25) is 4.79 Å². The van der Waals surface area contributed by atoms with Gasteiger partial charge in [-0.15, -0.1) is 0 Å². The molecular formula is C17H16F3NO3. The molecule has 4 nitrogen and oxygen atoms in total. The summed E-state index contributed by atoms with van der Waals surface area (Å²) in [4.78, 5) is 12.0. The van der Waals surface area contributed by atoms with Gasteiger partial charge in [0.15, 0.2) is 0 Å². The van der Waals surface area contributed by atoms with E-state index < -0.39 is 23.8 Å². The van der Waals surface area contributed by atoms with Crippen molar-refractivity contribution >= 4 is 5.91 Å². The smallest absolute Gasteiger partial charge is 0.416 e. The van der Waals surface area contributed by atoms with Crippen LogP contribution in [-0.4, -0.2) is 24.7 Å². The van der Waals surface area contributed by atoms with Crippen LogP contribution >= 0.6 is 0 Å². The Morgan fingerprint density at radius 2 is 1.79 bits per heavy atom. The summed E-state index contributed by atoms with van der Waals surface area (Å²) in [5, 5.41) is 12.4. The zero-order chi connectivity index (χ0) is 17.7. The summed E-state index contributed by atoms with van der Waals surface area (Å²) >= 11 is 0. The minimum Gasteiger partial charge on any atom is -0.497 e. The summed E-state index contributed by atoms with van der Waals surface area (Å²) in [5.74, 6) is 0.0758. The molecule has 2 rings (SSSR count). The van der Waals surface area contributed by atoms with Gasteiger partial charge in [0.1, 0.15) is 5.75 Å². The van der Waals surface area contributed by atoms with E-state index in [0.717, 1.165) is 6.07 Å². The van der Waals surface area contributed by atoms with Crippen LogP contribution in [0.5, 0.6) is 5.75 Å². The Hall–Kier alpha value is -2.54. The van der Waals surface area contributed by atoms with Crippen LogP contribution in [0, 0.1) is 0 Å². The lowest BCUT2D eigenvalue weighted by Crippen LogP contribution is -2.29. The molecule has 0 saturated carbocycles. The second-order valence-corrected chi connectivity index (χ2v) is 5.04. The Kier molecular flexibility index (Phi) is 5.46. The summed E-state index contributed by atoms with van der Waals surface area (Å²) in [6.45, 7) is -0.335. The van der Waals surface area contributed by atoms with Gasteiger partial charge in [-0.05, 0) is 35.9 Å². The van der Waals surface area contributed by atoms with Crippen LogP contribution < -0.4 is 10.1 Å². The zero-order valence-electron chi connectivity index (χ0n) is 12.8. The van der Waals surface area contributed by atoms with Gasteiger partial charge >= 0.3 is 6.18 Å². The van der Waals surface area contributed by atoms with Crippen LogP contribution in [0.15, 0.2) is 48.5 Å². The molecule has 0 bridgehead atoms. The number of aliphatic hydroxyl groups is 1. The highest BCUT2D eigenvalue weighted by atomic mass is 19.4. The molecule has 7 heteroatoms. The van der Waals surface area contributed by atoms with Gasteiger partial charge in [-0.2, -0.15) is 13.2 Å². The Morgan fingerprint density at radius 3 is 2.38 bits per heavy atom. The first-order valence-electron chi connectivity index (χ1n) is 7.09. The lowest BCUT2D eigenvalue weighted by atomic mass is 10.0. The molecule has 2 aromatic rings. The number of aliphatic hydroxyl groups excluding tert-OH is 1. The summed E-state index contributed by atoms with van der Waals surface area (Å²) < 4.78 is 43.8. The van der Waals surface area contributed by atoms with Crippen molar-refractivity contribution in [2.24, 2.45) is 0 Å². The molecular weight excluding hydrogens is 323 g/mol. The largest absolute Gasteiger partial charge is 0.497 e. The molecule has 128 valence electrons. The second-order valence-electron chi connectivity index (χ2n) is 5.04. The predicted octanol–water partition coefficient (Wildman–Crippen LogP) is 3.18.